The molecule has 0 bridgehead atoms. The lowest BCUT2D eigenvalue weighted by atomic mass is 10.2. The molecule has 1 nitrogen and oxygen atoms in total. The van der Waals surface area contributed by atoms with Gasteiger partial charge in [0.1, 0.15) is 23.2 Å². The van der Waals surface area contributed by atoms with Gasteiger partial charge in [0.05, 0.1) is 12.8 Å². The highest BCUT2D eigenvalue weighted by atomic mass is 31.2. The standard InChI is InChI=1S/C21H22OP/c1-2-23(19-12-5-3-6-13-19,20-14-7-4-8-15-20)21-16-10-9-11-18(21)17-22/h3-16,22H,2,17H2,1H3/q+1. The van der Waals surface area contributed by atoms with E-state index in [2.05, 4.69) is 79.7 Å². The van der Waals surface area contributed by atoms with Gasteiger partial charge in [-0.2, -0.15) is 0 Å². The highest BCUT2D eigenvalue weighted by molar-refractivity contribution is 7.95. The van der Waals surface area contributed by atoms with Crippen LogP contribution in [0.1, 0.15) is 12.5 Å². The highest BCUT2D eigenvalue weighted by Gasteiger charge is 2.44. The summed E-state index contributed by atoms with van der Waals surface area (Å²) in [5, 5.41) is 13.9. The average molecular weight is 321 g/mol. The van der Waals surface area contributed by atoms with E-state index in [0.29, 0.717) is 0 Å². The molecule has 1 N–H and O–H groups in total. The van der Waals surface area contributed by atoms with Crippen molar-refractivity contribution in [3.05, 3.63) is 90.5 Å². The second-order valence-electron chi connectivity index (χ2n) is 5.58. The molecule has 0 aliphatic carbocycles. The van der Waals surface area contributed by atoms with Crippen LogP contribution in [0.5, 0.6) is 0 Å². The Morgan fingerprint density at radius 2 is 1.17 bits per heavy atom. The number of hydrogen-bond acceptors (Lipinski definition) is 1. The number of aliphatic hydroxyl groups is 1. The zero-order chi connectivity index (χ0) is 16.1. The monoisotopic (exact) mass is 321 g/mol. The number of hydrogen-bond donors (Lipinski definition) is 1. The largest absolute Gasteiger partial charge is 0.392 e. The van der Waals surface area contributed by atoms with E-state index in [4.69, 9.17) is 0 Å². The summed E-state index contributed by atoms with van der Waals surface area (Å²) in [4.78, 5) is 0. The van der Waals surface area contributed by atoms with Crippen molar-refractivity contribution in [3.8, 4) is 0 Å². The van der Waals surface area contributed by atoms with Gasteiger partial charge >= 0.3 is 0 Å². The molecular weight excluding hydrogens is 299 g/mol. The quantitative estimate of drug-likeness (QED) is 0.713. The lowest BCUT2D eigenvalue weighted by molar-refractivity contribution is 0.283. The van der Waals surface area contributed by atoms with Crippen LogP contribution < -0.4 is 15.9 Å². The van der Waals surface area contributed by atoms with Gasteiger partial charge in [0.25, 0.3) is 0 Å². The third-order valence-corrected chi connectivity index (χ3v) is 9.01. The molecule has 0 unspecified atom stereocenters. The lowest BCUT2D eigenvalue weighted by Crippen LogP contribution is -2.34. The van der Waals surface area contributed by atoms with Gasteiger partial charge in [-0.05, 0) is 37.3 Å². The maximum absolute atomic E-state index is 9.89. The molecule has 3 aromatic rings. The third-order valence-electron chi connectivity index (χ3n) is 4.44. The number of benzene rings is 3. The Labute approximate surface area is 139 Å². The predicted octanol–water partition coefficient (Wildman–Crippen LogP) is 3.49. The van der Waals surface area contributed by atoms with E-state index in [0.717, 1.165) is 11.7 Å². The number of rotatable bonds is 5. The Hall–Kier alpha value is -1.95. The summed E-state index contributed by atoms with van der Waals surface area (Å²) in [5.41, 5.74) is 1.04. The van der Waals surface area contributed by atoms with E-state index in [1.54, 1.807) is 0 Å². The van der Waals surface area contributed by atoms with Crippen molar-refractivity contribution in [1.29, 1.82) is 0 Å². The van der Waals surface area contributed by atoms with Crippen LogP contribution in [-0.2, 0) is 6.61 Å². The van der Waals surface area contributed by atoms with Crippen LogP contribution in [-0.4, -0.2) is 11.3 Å². The Kier molecular flexibility index (Phi) is 4.91. The van der Waals surface area contributed by atoms with Gasteiger partial charge in [0.2, 0.25) is 0 Å². The summed E-state index contributed by atoms with van der Waals surface area (Å²) in [6, 6.07) is 29.9. The molecule has 3 aromatic carbocycles. The molecule has 0 spiro atoms. The molecule has 0 fully saturated rings. The smallest absolute Gasteiger partial charge is 0.112 e. The summed E-state index contributed by atoms with van der Waals surface area (Å²) in [6.45, 7) is 2.35. The van der Waals surface area contributed by atoms with Crippen molar-refractivity contribution in [2.45, 2.75) is 13.5 Å². The first-order valence-electron chi connectivity index (χ1n) is 8.01. The first kappa shape index (κ1) is 15.9. The molecule has 23 heavy (non-hydrogen) atoms. The van der Waals surface area contributed by atoms with E-state index in [1.807, 2.05) is 12.1 Å². The van der Waals surface area contributed by atoms with Gasteiger partial charge in [-0.15, -0.1) is 0 Å². The van der Waals surface area contributed by atoms with Crippen LogP contribution in [0.2, 0.25) is 0 Å². The van der Waals surface area contributed by atoms with Gasteiger partial charge in [0, 0.05) is 5.56 Å². The maximum Gasteiger partial charge on any atom is 0.112 e. The zero-order valence-electron chi connectivity index (χ0n) is 13.4. The van der Waals surface area contributed by atoms with Crippen molar-refractivity contribution < 1.29 is 5.11 Å². The van der Waals surface area contributed by atoms with Gasteiger partial charge in [-0.25, -0.2) is 0 Å². The summed E-state index contributed by atoms with van der Waals surface area (Å²) < 4.78 is 0. The molecule has 0 atom stereocenters. The van der Waals surface area contributed by atoms with Gasteiger partial charge in [-0.3, -0.25) is 0 Å². The summed E-state index contributed by atoms with van der Waals surface area (Å²) in [5.74, 6) is 0. The van der Waals surface area contributed by atoms with E-state index in [-0.39, 0.29) is 6.61 Å². The molecule has 2 heteroatoms. The molecule has 0 aliphatic heterocycles. The minimum Gasteiger partial charge on any atom is -0.392 e. The normalized spacial score (nSPS) is 11.4. The van der Waals surface area contributed by atoms with Crippen molar-refractivity contribution in [1.82, 2.24) is 0 Å². The Morgan fingerprint density at radius 3 is 1.65 bits per heavy atom. The fraction of sp³-hybridized carbons (Fsp3) is 0.143. The molecular formula is C21H22OP+. The van der Waals surface area contributed by atoms with Crippen LogP contribution >= 0.6 is 7.26 Å². The van der Waals surface area contributed by atoms with E-state index in [9.17, 15) is 5.11 Å². The van der Waals surface area contributed by atoms with E-state index in [1.165, 1.54) is 15.9 Å². The van der Waals surface area contributed by atoms with E-state index < -0.39 is 7.26 Å². The molecule has 0 heterocycles. The molecule has 3 rings (SSSR count). The molecule has 0 saturated heterocycles. The lowest BCUT2D eigenvalue weighted by Gasteiger charge is -2.27. The van der Waals surface area contributed by atoms with Gasteiger partial charge < -0.3 is 5.11 Å². The maximum atomic E-state index is 9.89. The fourth-order valence-electron chi connectivity index (χ4n) is 3.34. The van der Waals surface area contributed by atoms with Crippen LogP contribution in [0, 0.1) is 0 Å². The van der Waals surface area contributed by atoms with Crippen LogP contribution in [0.4, 0.5) is 0 Å². The minimum atomic E-state index is -1.75. The first-order chi connectivity index (χ1) is 11.3. The second kappa shape index (κ2) is 7.08. The van der Waals surface area contributed by atoms with Crippen molar-refractivity contribution in [2.24, 2.45) is 0 Å². The van der Waals surface area contributed by atoms with Crippen LogP contribution in [0.25, 0.3) is 0 Å². The molecule has 0 aliphatic rings. The first-order valence-corrected chi connectivity index (χ1v) is 9.99. The van der Waals surface area contributed by atoms with Crippen molar-refractivity contribution >= 4 is 23.2 Å². The topological polar surface area (TPSA) is 20.2 Å². The summed E-state index contributed by atoms with van der Waals surface area (Å²) in [6.07, 6.45) is 1.04. The fourth-order valence-corrected chi connectivity index (χ4v) is 7.61. The molecule has 116 valence electrons. The third kappa shape index (κ3) is 2.83. The molecule has 0 amide bonds. The molecule has 0 aromatic heterocycles. The highest BCUT2D eigenvalue weighted by Crippen LogP contribution is 2.55. The van der Waals surface area contributed by atoms with Gasteiger partial charge in [-0.1, -0.05) is 54.6 Å². The molecule has 0 radical (unpaired) electrons. The SMILES string of the molecule is CC[P+](c1ccccc1)(c1ccccc1)c1ccccc1CO. The summed E-state index contributed by atoms with van der Waals surface area (Å²) in [7, 11) is -1.75. The Balaban J connectivity index is 2.34. The van der Waals surface area contributed by atoms with E-state index >= 15 is 0 Å². The molecule has 0 saturated carbocycles. The van der Waals surface area contributed by atoms with Crippen LogP contribution in [0.3, 0.4) is 0 Å². The Bertz CT molecular complexity index is 714. The van der Waals surface area contributed by atoms with Gasteiger partial charge in [0.15, 0.2) is 0 Å². The average Bonchev–Trinajstić information content (AvgIpc) is 2.65. The predicted molar refractivity (Wildman–Crippen MR) is 102 cm³/mol. The minimum absolute atomic E-state index is 0.0809. The summed E-state index contributed by atoms with van der Waals surface area (Å²) >= 11 is 0. The van der Waals surface area contributed by atoms with Crippen molar-refractivity contribution in [3.63, 3.8) is 0 Å². The second-order valence-corrected chi connectivity index (χ2v) is 9.35. The van der Waals surface area contributed by atoms with Crippen molar-refractivity contribution in [2.75, 3.05) is 6.16 Å². The number of aliphatic hydroxyl groups excluding tert-OH is 1. The van der Waals surface area contributed by atoms with Crippen LogP contribution in [0.15, 0.2) is 84.9 Å². The zero-order valence-corrected chi connectivity index (χ0v) is 14.3. The Morgan fingerprint density at radius 1 is 0.696 bits per heavy atom.